The number of fused-ring (bicyclic) bond motifs is 1. The van der Waals surface area contributed by atoms with Crippen molar-refractivity contribution in [1.29, 1.82) is 0 Å². The predicted molar refractivity (Wildman–Crippen MR) is 83.2 cm³/mol. The Morgan fingerprint density at radius 1 is 1.35 bits per heavy atom. The molecule has 0 atom stereocenters. The lowest BCUT2D eigenvalue weighted by atomic mass is 10.0. The zero-order chi connectivity index (χ0) is 14.1. The number of H-pyrrole nitrogens is 1. The van der Waals surface area contributed by atoms with Gasteiger partial charge in [0.1, 0.15) is 0 Å². The van der Waals surface area contributed by atoms with E-state index in [-0.39, 0.29) is 0 Å². The van der Waals surface area contributed by atoms with Gasteiger partial charge in [-0.2, -0.15) is 0 Å². The Labute approximate surface area is 124 Å². The van der Waals surface area contributed by atoms with Gasteiger partial charge in [0.2, 0.25) is 0 Å². The zero-order valence-electron chi connectivity index (χ0n) is 11.9. The van der Waals surface area contributed by atoms with Crippen LogP contribution < -0.4 is 0 Å². The van der Waals surface area contributed by atoms with E-state index in [1.54, 1.807) is 0 Å². The summed E-state index contributed by atoms with van der Waals surface area (Å²) in [6.07, 6.45) is 2.94. The van der Waals surface area contributed by atoms with Crippen molar-refractivity contribution < 1.29 is 0 Å². The third kappa shape index (κ3) is 2.81. The van der Waals surface area contributed by atoms with E-state index >= 15 is 0 Å². The molecule has 4 heteroatoms. The quantitative estimate of drug-likeness (QED) is 0.859. The molecule has 1 aromatic carbocycles. The van der Waals surface area contributed by atoms with Crippen LogP contribution in [0.15, 0.2) is 24.4 Å². The highest BCUT2D eigenvalue weighted by atomic mass is 32.1. The number of nitrogens with zero attached hydrogens (tertiary/aromatic N) is 2. The third-order valence-corrected chi connectivity index (χ3v) is 4.15. The number of rotatable bonds is 2. The molecule has 0 aliphatic carbocycles. The van der Waals surface area contributed by atoms with Crippen molar-refractivity contribution in [3.63, 3.8) is 0 Å². The Hall–Kier alpha value is -1.52. The van der Waals surface area contributed by atoms with E-state index in [2.05, 4.69) is 46.9 Å². The van der Waals surface area contributed by atoms with Gasteiger partial charge in [-0.15, -0.1) is 0 Å². The Balaban J connectivity index is 1.77. The molecular formula is C16H19N3S. The molecule has 104 valence electrons. The topological polar surface area (TPSA) is 31.9 Å². The summed E-state index contributed by atoms with van der Waals surface area (Å²) < 4.78 is 0.589. The second-order valence-corrected chi connectivity index (χ2v) is 5.97. The Kier molecular flexibility index (Phi) is 3.68. The highest BCUT2D eigenvalue weighted by Gasteiger charge is 2.17. The van der Waals surface area contributed by atoms with E-state index in [0.29, 0.717) is 4.77 Å². The fourth-order valence-electron chi connectivity index (χ4n) is 2.80. The Morgan fingerprint density at radius 2 is 2.20 bits per heavy atom. The summed E-state index contributed by atoms with van der Waals surface area (Å²) in [5.74, 6) is 0. The summed E-state index contributed by atoms with van der Waals surface area (Å²) in [6.45, 7) is 7.35. The van der Waals surface area contributed by atoms with Crippen LogP contribution in [0.4, 0.5) is 0 Å². The van der Waals surface area contributed by atoms with Gasteiger partial charge in [0.05, 0.1) is 0 Å². The largest absolute Gasteiger partial charge is 0.334 e. The molecule has 0 saturated carbocycles. The van der Waals surface area contributed by atoms with Gasteiger partial charge in [-0.25, -0.2) is 4.98 Å². The molecule has 1 aliphatic rings. The molecule has 0 spiro atoms. The van der Waals surface area contributed by atoms with E-state index in [0.717, 1.165) is 26.1 Å². The highest BCUT2D eigenvalue weighted by Crippen LogP contribution is 2.20. The number of hydrogen-bond donors (Lipinski definition) is 1. The number of aromatic amines is 1. The maximum atomic E-state index is 5.08. The molecule has 1 aliphatic heterocycles. The number of aromatic nitrogens is 2. The summed E-state index contributed by atoms with van der Waals surface area (Å²) in [7, 11) is 0. The maximum Gasteiger partial charge on any atom is 0.196 e. The molecule has 2 aromatic rings. The van der Waals surface area contributed by atoms with Gasteiger partial charge in [0.25, 0.3) is 0 Å². The van der Waals surface area contributed by atoms with Crippen LogP contribution in [0.25, 0.3) is 0 Å². The Morgan fingerprint density at radius 3 is 3.00 bits per heavy atom. The van der Waals surface area contributed by atoms with Crippen molar-refractivity contribution >= 4 is 12.2 Å². The van der Waals surface area contributed by atoms with Crippen molar-refractivity contribution in [2.75, 3.05) is 6.54 Å². The van der Waals surface area contributed by atoms with Gasteiger partial charge >= 0.3 is 0 Å². The van der Waals surface area contributed by atoms with Crippen molar-refractivity contribution in [1.82, 2.24) is 14.9 Å². The molecule has 2 heterocycles. The van der Waals surface area contributed by atoms with Crippen molar-refractivity contribution in [2.45, 2.75) is 33.4 Å². The van der Waals surface area contributed by atoms with Crippen LogP contribution in [0, 0.1) is 18.6 Å². The van der Waals surface area contributed by atoms with Crippen LogP contribution in [0.1, 0.15) is 27.9 Å². The van der Waals surface area contributed by atoms with Crippen LogP contribution >= 0.6 is 12.2 Å². The minimum Gasteiger partial charge on any atom is -0.334 e. The molecular weight excluding hydrogens is 266 g/mol. The Bertz CT molecular complexity index is 690. The fourth-order valence-corrected chi connectivity index (χ4v) is 2.98. The van der Waals surface area contributed by atoms with Gasteiger partial charge in [0, 0.05) is 43.5 Å². The fraction of sp³-hybridized carbons (Fsp3) is 0.375. The van der Waals surface area contributed by atoms with Gasteiger partial charge in [-0.05, 0) is 37.2 Å². The molecule has 0 amide bonds. The SMILES string of the molecule is Cc1ccc(CN2CCc3[nH]c(=S)ncc3C2)c(C)c1. The summed E-state index contributed by atoms with van der Waals surface area (Å²) >= 11 is 5.08. The lowest BCUT2D eigenvalue weighted by Gasteiger charge is -2.28. The average molecular weight is 285 g/mol. The normalized spacial score (nSPS) is 15.1. The van der Waals surface area contributed by atoms with Gasteiger partial charge in [-0.1, -0.05) is 23.8 Å². The first-order chi connectivity index (χ1) is 9.61. The molecule has 0 bridgehead atoms. The van der Waals surface area contributed by atoms with E-state index in [1.807, 2.05) is 6.20 Å². The molecule has 0 saturated heterocycles. The van der Waals surface area contributed by atoms with E-state index in [9.17, 15) is 0 Å². The molecule has 20 heavy (non-hydrogen) atoms. The maximum absolute atomic E-state index is 5.08. The van der Waals surface area contributed by atoms with Crippen LogP contribution in [-0.4, -0.2) is 21.4 Å². The molecule has 1 N–H and O–H groups in total. The number of benzene rings is 1. The van der Waals surface area contributed by atoms with E-state index < -0.39 is 0 Å². The molecule has 0 unspecified atom stereocenters. The van der Waals surface area contributed by atoms with Crippen LogP contribution in [0.5, 0.6) is 0 Å². The van der Waals surface area contributed by atoms with Crippen molar-refractivity contribution in [3.05, 3.63) is 57.1 Å². The number of aryl methyl sites for hydroxylation is 2. The van der Waals surface area contributed by atoms with Crippen molar-refractivity contribution in [3.8, 4) is 0 Å². The van der Waals surface area contributed by atoms with E-state index in [4.69, 9.17) is 12.2 Å². The van der Waals surface area contributed by atoms with Gasteiger partial charge in [0.15, 0.2) is 4.77 Å². The third-order valence-electron chi connectivity index (χ3n) is 3.95. The summed E-state index contributed by atoms with van der Waals surface area (Å²) in [5.41, 5.74) is 6.64. The highest BCUT2D eigenvalue weighted by molar-refractivity contribution is 7.71. The first-order valence-corrected chi connectivity index (χ1v) is 7.38. The van der Waals surface area contributed by atoms with Crippen LogP contribution in [-0.2, 0) is 19.5 Å². The molecule has 3 rings (SSSR count). The standard InChI is InChI=1S/C16H19N3S/c1-11-3-4-13(12(2)7-11)9-19-6-5-15-14(10-19)8-17-16(20)18-15/h3-4,7-8H,5-6,9-10H2,1-2H3,(H,17,18,20). The monoisotopic (exact) mass is 285 g/mol. The van der Waals surface area contributed by atoms with E-state index in [1.165, 1.54) is 27.9 Å². The molecule has 1 aromatic heterocycles. The number of nitrogens with one attached hydrogen (secondary N) is 1. The zero-order valence-corrected chi connectivity index (χ0v) is 12.8. The van der Waals surface area contributed by atoms with Crippen LogP contribution in [0.3, 0.4) is 0 Å². The second kappa shape index (κ2) is 5.46. The average Bonchev–Trinajstić information content (AvgIpc) is 2.42. The number of hydrogen-bond acceptors (Lipinski definition) is 3. The summed E-state index contributed by atoms with van der Waals surface area (Å²) in [4.78, 5) is 9.87. The lowest BCUT2D eigenvalue weighted by Crippen LogP contribution is -2.31. The minimum absolute atomic E-state index is 0.589. The summed E-state index contributed by atoms with van der Waals surface area (Å²) in [5, 5.41) is 0. The smallest absolute Gasteiger partial charge is 0.196 e. The molecule has 0 fully saturated rings. The molecule has 3 nitrogen and oxygen atoms in total. The second-order valence-electron chi connectivity index (χ2n) is 5.58. The predicted octanol–water partition coefficient (Wildman–Crippen LogP) is 3.31. The minimum atomic E-state index is 0.589. The summed E-state index contributed by atoms with van der Waals surface area (Å²) in [6, 6.07) is 6.70. The van der Waals surface area contributed by atoms with Gasteiger partial charge in [-0.3, -0.25) is 4.90 Å². The molecule has 0 radical (unpaired) electrons. The van der Waals surface area contributed by atoms with Crippen LogP contribution in [0.2, 0.25) is 0 Å². The van der Waals surface area contributed by atoms with Gasteiger partial charge < -0.3 is 4.98 Å². The lowest BCUT2D eigenvalue weighted by molar-refractivity contribution is 0.242. The first-order valence-electron chi connectivity index (χ1n) is 6.97. The van der Waals surface area contributed by atoms with Crippen molar-refractivity contribution in [2.24, 2.45) is 0 Å². The first kappa shape index (κ1) is 13.5.